The molecule has 2 amide bonds. The maximum atomic E-state index is 12.5. The Balaban J connectivity index is 1.21. The Hall–Kier alpha value is -4.61. The molecule has 0 saturated heterocycles. The van der Waals surface area contributed by atoms with Gasteiger partial charge in [0.2, 0.25) is 5.78 Å². The number of fused-ring (bicyclic) bond motifs is 1. The van der Waals surface area contributed by atoms with E-state index in [4.69, 9.17) is 4.18 Å². The monoisotopic (exact) mass is 547 g/mol. The second kappa shape index (κ2) is 11.8. The Bertz CT molecular complexity index is 1560. The van der Waals surface area contributed by atoms with Gasteiger partial charge in [-0.15, -0.1) is 0 Å². The number of carbonyl (C=O) groups is 4. The van der Waals surface area contributed by atoms with Crippen LogP contribution < -0.4 is 16.0 Å². The minimum Gasteiger partial charge on any atom is -0.380 e. The van der Waals surface area contributed by atoms with Gasteiger partial charge < -0.3 is 16.0 Å². The first-order chi connectivity index (χ1) is 18.6. The van der Waals surface area contributed by atoms with Gasteiger partial charge in [0, 0.05) is 41.5 Å². The number of hydrogen-bond donors (Lipinski definition) is 3. The van der Waals surface area contributed by atoms with Crippen molar-refractivity contribution in [1.29, 1.82) is 0 Å². The normalized spacial score (nSPS) is 12.8. The van der Waals surface area contributed by atoms with E-state index >= 15 is 0 Å². The first-order valence-electron chi connectivity index (χ1n) is 11.9. The minimum atomic E-state index is -4.08. The van der Waals surface area contributed by atoms with E-state index in [0.717, 1.165) is 5.56 Å². The summed E-state index contributed by atoms with van der Waals surface area (Å²) in [5, 5.41) is 8.10. The Morgan fingerprint density at radius 3 is 2.21 bits per heavy atom. The molecule has 1 aliphatic carbocycles. The molecule has 0 unspecified atom stereocenters. The fourth-order valence-corrected chi connectivity index (χ4v) is 4.60. The van der Waals surface area contributed by atoms with Gasteiger partial charge >= 0.3 is 0 Å². The molecule has 0 saturated carbocycles. The maximum absolute atomic E-state index is 12.5. The number of Topliss-reactive ketones (excluding diaryl/α,β-unsaturated/α-hetero) is 1. The fraction of sp³-hybridized carbons (Fsp3) is 0.143. The van der Waals surface area contributed by atoms with Crippen molar-refractivity contribution in [1.82, 2.24) is 10.6 Å². The first-order valence-corrected chi connectivity index (χ1v) is 13.3. The van der Waals surface area contributed by atoms with Crippen LogP contribution >= 0.6 is 0 Å². The van der Waals surface area contributed by atoms with Gasteiger partial charge in [0.1, 0.15) is 6.61 Å². The molecule has 200 valence electrons. The van der Waals surface area contributed by atoms with E-state index in [1.54, 1.807) is 36.4 Å². The van der Waals surface area contributed by atoms with E-state index in [0.29, 0.717) is 22.4 Å². The van der Waals surface area contributed by atoms with E-state index in [1.807, 2.05) is 6.92 Å². The van der Waals surface area contributed by atoms with Crippen molar-refractivity contribution in [3.8, 4) is 0 Å². The highest BCUT2D eigenvalue weighted by Gasteiger charge is 2.24. The lowest BCUT2D eigenvalue weighted by Gasteiger charge is -2.16. The minimum absolute atomic E-state index is 0.0487. The SMILES string of the molecule is Cc1ccc(S(=O)(=O)OCC(=O)Nc2ccc(C(=O)NCCNC3=CC(=O)c4ccccc4C3=O)cc2)cc1. The molecule has 0 aromatic heterocycles. The van der Waals surface area contributed by atoms with Crippen molar-refractivity contribution in [3.05, 3.63) is 107 Å². The van der Waals surface area contributed by atoms with Crippen LogP contribution in [0.25, 0.3) is 0 Å². The van der Waals surface area contributed by atoms with Gasteiger partial charge in [-0.3, -0.25) is 23.4 Å². The highest BCUT2D eigenvalue weighted by Crippen LogP contribution is 2.19. The number of hydrogen-bond acceptors (Lipinski definition) is 8. The zero-order valence-corrected chi connectivity index (χ0v) is 21.7. The summed E-state index contributed by atoms with van der Waals surface area (Å²) >= 11 is 0. The molecular weight excluding hydrogens is 522 g/mol. The number of amides is 2. The third-order valence-electron chi connectivity index (χ3n) is 5.77. The van der Waals surface area contributed by atoms with Crippen molar-refractivity contribution < 1.29 is 31.8 Å². The summed E-state index contributed by atoms with van der Waals surface area (Å²) in [5.74, 6) is -1.61. The molecule has 39 heavy (non-hydrogen) atoms. The predicted octanol–water partition coefficient (Wildman–Crippen LogP) is 2.62. The fourth-order valence-electron chi connectivity index (χ4n) is 3.73. The Kier molecular flexibility index (Phi) is 8.33. The topological polar surface area (TPSA) is 148 Å². The Morgan fingerprint density at radius 2 is 1.51 bits per heavy atom. The predicted molar refractivity (Wildman–Crippen MR) is 143 cm³/mol. The van der Waals surface area contributed by atoms with Gasteiger partial charge in [-0.25, -0.2) is 0 Å². The maximum Gasteiger partial charge on any atom is 0.297 e. The molecule has 3 aromatic rings. The van der Waals surface area contributed by atoms with Gasteiger partial charge in [0.15, 0.2) is 5.78 Å². The molecule has 0 heterocycles. The molecule has 10 nitrogen and oxygen atoms in total. The lowest BCUT2D eigenvalue weighted by atomic mass is 9.93. The zero-order chi connectivity index (χ0) is 28.0. The molecule has 0 bridgehead atoms. The van der Waals surface area contributed by atoms with Crippen molar-refractivity contribution in [2.24, 2.45) is 0 Å². The highest BCUT2D eigenvalue weighted by atomic mass is 32.2. The van der Waals surface area contributed by atoms with Crippen LogP contribution in [0.4, 0.5) is 5.69 Å². The second-order valence-electron chi connectivity index (χ2n) is 8.63. The number of carbonyl (C=O) groups excluding carboxylic acids is 4. The molecule has 3 aromatic carbocycles. The van der Waals surface area contributed by atoms with Crippen molar-refractivity contribution >= 4 is 39.2 Å². The van der Waals surface area contributed by atoms with Crippen LogP contribution in [0.3, 0.4) is 0 Å². The molecular formula is C28H25N3O7S. The second-order valence-corrected chi connectivity index (χ2v) is 10.2. The number of rotatable bonds is 10. The van der Waals surface area contributed by atoms with E-state index in [9.17, 15) is 27.6 Å². The van der Waals surface area contributed by atoms with Crippen LogP contribution in [0.2, 0.25) is 0 Å². The number of benzene rings is 3. The van der Waals surface area contributed by atoms with Gasteiger partial charge in [0.25, 0.3) is 21.9 Å². The Morgan fingerprint density at radius 1 is 0.846 bits per heavy atom. The van der Waals surface area contributed by atoms with Gasteiger partial charge in [-0.05, 0) is 43.3 Å². The van der Waals surface area contributed by atoms with E-state index in [2.05, 4.69) is 16.0 Å². The highest BCUT2D eigenvalue weighted by molar-refractivity contribution is 7.86. The van der Waals surface area contributed by atoms with Crippen LogP contribution in [-0.2, 0) is 19.1 Å². The zero-order valence-electron chi connectivity index (χ0n) is 20.9. The summed E-state index contributed by atoms with van der Waals surface area (Å²) in [4.78, 5) is 49.3. The van der Waals surface area contributed by atoms with Gasteiger partial charge in [-0.2, -0.15) is 8.42 Å². The largest absolute Gasteiger partial charge is 0.380 e. The Labute approximate surface area is 225 Å². The smallest absolute Gasteiger partial charge is 0.297 e. The molecule has 3 N–H and O–H groups in total. The number of allylic oxidation sites excluding steroid dienone is 2. The molecule has 4 rings (SSSR count). The third kappa shape index (κ3) is 6.83. The lowest BCUT2D eigenvalue weighted by Crippen LogP contribution is -2.34. The van der Waals surface area contributed by atoms with Crippen molar-refractivity contribution in [2.75, 3.05) is 25.0 Å². The van der Waals surface area contributed by atoms with Crippen molar-refractivity contribution in [2.45, 2.75) is 11.8 Å². The summed E-state index contributed by atoms with van der Waals surface area (Å²) in [6, 6.07) is 18.6. The molecule has 0 fully saturated rings. The molecule has 0 atom stereocenters. The molecule has 0 radical (unpaired) electrons. The molecule has 0 aliphatic heterocycles. The van der Waals surface area contributed by atoms with Gasteiger partial charge in [0.05, 0.1) is 10.6 Å². The standard InChI is InChI=1S/C28H25N3O7S/c1-18-6-12-21(13-7-18)39(36,37)38-17-26(33)31-20-10-8-19(9-11-20)28(35)30-15-14-29-24-16-25(32)22-4-2-3-5-23(22)27(24)34/h2-13,16,29H,14-15,17H2,1H3,(H,30,35)(H,31,33). The molecule has 1 aliphatic rings. The third-order valence-corrected chi connectivity index (χ3v) is 7.05. The van der Waals surface area contributed by atoms with Crippen LogP contribution in [-0.4, -0.2) is 51.5 Å². The summed E-state index contributed by atoms with van der Waals surface area (Å²) in [5.41, 5.74) is 2.43. The van der Waals surface area contributed by atoms with Crippen molar-refractivity contribution in [3.63, 3.8) is 0 Å². The number of anilines is 1. The number of ketones is 2. The quantitative estimate of drug-likeness (QED) is 0.259. The van der Waals surface area contributed by atoms with Gasteiger partial charge in [-0.1, -0.05) is 42.0 Å². The van der Waals surface area contributed by atoms with Crippen LogP contribution in [0, 0.1) is 6.92 Å². The van der Waals surface area contributed by atoms with Crippen LogP contribution in [0.15, 0.2) is 89.5 Å². The summed E-state index contributed by atoms with van der Waals surface area (Å²) < 4.78 is 29.3. The van der Waals surface area contributed by atoms with E-state index < -0.39 is 22.6 Å². The summed E-state index contributed by atoms with van der Waals surface area (Å²) in [6.07, 6.45) is 1.25. The summed E-state index contributed by atoms with van der Waals surface area (Å²) in [7, 11) is -4.08. The van der Waals surface area contributed by atoms with E-state index in [-0.39, 0.29) is 41.2 Å². The first kappa shape index (κ1) is 27.4. The summed E-state index contributed by atoms with van der Waals surface area (Å²) in [6.45, 7) is 1.52. The number of nitrogens with one attached hydrogen (secondary N) is 3. The number of aryl methyl sites for hydroxylation is 1. The molecule has 11 heteroatoms. The van der Waals surface area contributed by atoms with Crippen LogP contribution in [0.5, 0.6) is 0 Å². The van der Waals surface area contributed by atoms with E-state index in [1.165, 1.54) is 42.5 Å². The average Bonchev–Trinajstić information content (AvgIpc) is 2.93. The lowest BCUT2D eigenvalue weighted by molar-refractivity contribution is -0.118. The van der Waals surface area contributed by atoms with Crippen LogP contribution in [0.1, 0.15) is 36.6 Å². The molecule has 0 spiro atoms. The average molecular weight is 548 g/mol.